The van der Waals surface area contributed by atoms with Gasteiger partial charge in [-0.25, -0.2) is 4.98 Å². The number of halogens is 2. The lowest BCUT2D eigenvalue weighted by Crippen LogP contribution is -2.35. The molecule has 0 radical (unpaired) electrons. The number of nitrogens with one attached hydrogen (secondary N) is 1. The first-order valence-electron chi connectivity index (χ1n) is 12.5. The van der Waals surface area contributed by atoms with Crippen molar-refractivity contribution in [2.45, 2.75) is 19.8 Å². The Labute approximate surface area is 241 Å². The van der Waals surface area contributed by atoms with Gasteiger partial charge in [0.15, 0.2) is 5.13 Å². The molecule has 1 fully saturated rings. The summed E-state index contributed by atoms with van der Waals surface area (Å²) >= 11 is 14.0. The Bertz CT molecular complexity index is 1360. The van der Waals surface area contributed by atoms with Crippen LogP contribution < -0.4 is 14.8 Å². The first-order valence-corrected chi connectivity index (χ1v) is 14.1. The number of carbonyl (C=O) groups excluding carboxylic acids is 1. The lowest BCUT2D eigenvalue weighted by Gasteiger charge is -2.25. The average Bonchev–Trinajstić information content (AvgIpc) is 3.39. The Morgan fingerprint density at radius 2 is 1.51 bits per heavy atom. The molecule has 0 atom stereocenters. The van der Waals surface area contributed by atoms with E-state index in [9.17, 15) is 4.79 Å². The summed E-state index contributed by atoms with van der Waals surface area (Å²) in [4.78, 5) is 20.1. The minimum absolute atomic E-state index is 0.242. The van der Waals surface area contributed by atoms with Gasteiger partial charge in [0, 0.05) is 57.8 Å². The molecule has 1 amide bonds. The molecular weight excluding hydrogens is 557 g/mol. The Hall–Kier alpha value is -3.14. The lowest BCUT2D eigenvalue weighted by molar-refractivity contribution is 0.0337. The molecule has 0 unspecified atom stereocenters. The molecule has 1 aromatic heterocycles. The van der Waals surface area contributed by atoms with Gasteiger partial charge in [-0.05, 0) is 24.3 Å². The van der Waals surface area contributed by atoms with Crippen molar-refractivity contribution >= 4 is 45.6 Å². The molecule has 0 spiro atoms. The number of rotatable bonds is 10. The van der Waals surface area contributed by atoms with E-state index >= 15 is 0 Å². The Balaban J connectivity index is 1.31. The van der Waals surface area contributed by atoms with Crippen LogP contribution in [0.1, 0.15) is 27.2 Å². The zero-order chi connectivity index (χ0) is 27.0. The van der Waals surface area contributed by atoms with Gasteiger partial charge in [0.25, 0.3) is 5.91 Å². The minimum Gasteiger partial charge on any atom is -0.489 e. The van der Waals surface area contributed by atoms with Gasteiger partial charge in [-0.15, -0.1) is 11.3 Å². The van der Waals surface area contributed by atoms with Crippen LogP contribution in [-0.2, 0) is 24.5 Å². The van der Waals surface area contributed by atoms with Gasteiger partial charge in [-0.1, -0.05) is 59.6 Å². The van der Waals surface area contributed by atoms with Crippen LogP contribution in [0.5, 0.6) is 11.5 Å². The van der Waals surface area contributed by atoms with Crippen molar-refractivity contribution in [1.82, 2.24) is 9.88 Å². The summed E-state index contributed by atoms with van der Waals surface area (Å²) in [5.41, 5.74) is 2.97. The normalized spacial score (nSPS) is 13.7. The number of hydrogen-bond acceptors (Lipinski definition) is 7. The number of amides is 1. The second-order valence-electron chi connectivity index (χ2n) is 8.94. The van der Waals surface area contributed by atoms with Gasteiger partial charge in [0.05, 0.1) is 18.9 Å². The fourth-order valence-corrected chi connectivity index (χ4v) is 5.09. The summed E-state index contributed by atoms with van der Waals surface area (Å²) in [5, 5.41) is 6.62. The molecule has 2 heterocycles. The van der Waals surface area contributed by atoms with Gasteiger partial charge < -0.3 is 14.2 Å². The summed E-state index contributed by atoms with van der Waals surface area (Å²) in [5.74, 6) is 0.640. The van der Waals surface area contributed by atoms with Crippen LogP contribution in [0.15, 0.2) is 72.1 Å². The standard InChI is InChI=1S/C29H27Cl2N3O4S/c30-26-7-3-1-5-20(26)17-37-24-13-22(14-25(15-24)38-18-21-6-2-4-8-27(21)31)28(35)33-29-32-23(19-39-29)16-34-9-11-36-12-10-34/h1-8,13-15,19H,9-12,16-18H2,(H,32,33,35). The van der Waals surface area contributed by atoms with E-state index in [4.69, 9.17) is 37.4 Å². The molecule has 202 valence electrons. The summed E-state index contributed by atoms with van der Waals surface area (Å²) in [6, 6.07) is 20.0. The molecule has 0 saturated carbocycles. The fourth-order valence-electron chi connectivity index (χ4n) is 4.02. The first-order chi connectivity index (χ1) is 19.0. The van der Waals surface area contributed by atoms with Crippen molar-refractivity contribution in [2.75, 3.05) is 31.6 Å². The van der Waals surface area contributed by atoms with Gasteiger partial charge in [0.2, 0.25) is 0 Å². The summed E-state index contributed by atoms with van der Waals surface area (Å²) in [6.07, 6.45) is 0. The third-order valence-corrected chi connectivity index (χ3v) is 7.65. The number of morpholine rings is 1. The largest absolute Gasteiger partial charge is 0.489 e. The molecule has 39 heavy (non-hydrogen) atoms. The predicted octanol–water partition coefficient (Wildman–Crippen LogP) is 6.69. The molecule has 7 nitrogen and oxygen atoms in total. The van der Waals surface area contributed by atoms with E-state index in [1.807, 2.05) is 53.9 Å². The third-order valence-electron chi connectivity index (χ3n) is 6.11. The third kappa shape index (κ3) is 7.71. The molecule has 4 aromatic rings. The predicted molar refractivity (Wildman–Crippen MR) is 154 cm³/mol. The first kappa shape index (κ1) is 27.4. The van der Waals surface area contributed by atoms with Crippen LogP contribution in [-0.4, -0.2) is 42.1 Å². The molecule has 0 aliphatic carbocycles. The Morgan fingerprint density at radius 1 is 0.923 bits per heavy atom. The van der Waals surface area contributed by atoms with Crippen molar-refractivity contribution in [3.05, 3.63) is 105 Å². The van der Waals surface area contributed by atoms with Crippen LogP contribution >= 0.6 is 34.5 Å². The van der Waals surface area contributed by atoms with E-state index in [1.54, 1.807) is 18.2 Å². The highest BCUT2D eigenvalue weighted by Gasteiger charge is 2.16. The number of aromatic nitrogens is 1. The van der Waals surface area contributed by atoms with Crippen LogP contribution in [0, 0.1) is 0 Å². The van der Waals surface area contributed by atoms with Gasteiger partial charge in [-0.2, -0.15) is 0 Å². The average molecular weight is 585 g/mol. The Kier molecular flexibility index (Phi) is 9.34. The van der Waals surface area contributed by atoms with Crippen molar-refractivity contribution < 1.29 is 19.0 Å². The number of thiazole rings is 1. The number of hydrogen-bond donors (Lipinski definition) is 1. The minimum atomic E-state index is -0.312. The summed E-state index contributed by atoms with van der Waals surface area (Å²) in [7, 11) is 0. The Morgan fingerprint density at radius 3 is 2.10 bits per heavy atom. The second-order valence-corrected chi connectivity index (χ2v) is 10.6. The molecule has 3 aromatic carbocycles. The van der Waals surface area contributed by atoms with Crippen LogP contribution in [0.2, 0.25) is 10.0 Å². The van der Waals surface area contributed by atoms with E-state index < -0.39 is 0 Å². The number of nitrogens with zero attached hydrogens (tertiary/aromatic N) is 2. The summed E-state index contributed by atoms with van der Waals surface area (Å²) in [6.45, 7) is 4.40. The topological polar surface area (TPSA) is 72.9 Å². The van der Waals surface area contributed by atoms with E-state index in [0.717, 1.165) is 49.7 Å². The number of ether oxygens (including phenoxy) is 3. The fraction of sp³-hybridized carbons (Fsp3) is 0.241. The van der Waals surface area contributed by atoms with Crippen molar-refractivity contribution in [3.63, 3.8) is 0 Å². The van der Waals surface area contributed by atoms with E-state index in [1.165, 1.54) is 11.3 Å². The molecule has 1 saturated heterocycles. The highest BCUT2D eigenvalue weighted by atomic mass is 35.5. The second kappa shape index (κ2) is 13.3. The van der Waals surface area contributed by atoms with Crippen LogP contribution in [0.4, 0.5) is 5.13 Å². The SMILES string of the molecule is O=C(Nc1nc(CN2CCOCC2)cs1)c1cc(OCc2ccccc2Cl)cc(OCc2ccccc2Cl)c1. The quantitative estimate of drug-likeness (QED) is 0.224. The van der Waals surface area contributed by atoms with Crippen LogP contribution in [0.3, 0.4) is 0 Å². The highest BCUT2D eigenvalue weighted by Crippen LogP contribution is 2.28. The maximum Gasteiger partial charge on any atom is 0.257 e. The molecule has 1 N–H and O–H groups in total. The molecule has 10 heteroatoms. The molecule has 1 aliphatic heterocycles. The number of carbonyl (C=O) groups is 1. The number of benzene rings is 3. The van der Waals surface area contributed by atoms with E-state index in [2.05, 4.69) is 15.2 Å². The smallest absolute Gasteiger partial charge is 0.257 e. The summed E-state index contributed by atoms with van der Waals surface area (Å²) < 4.78 is 17.4. The van der Waals surface area contributed by atoms with Gasteiger partial charge >= 0.3 is 0 Å². The van der Waals surface area contributed by atoms with Crippen molar-refractivity contribution in [3.8, 4) is 11.5 Å². The van der Waals surface area contributed by atoms with Gasteiger partial charge in [-0.3, -0.25) is 15.0 Å². The van der Waals surface area contributed by atoms with Crippen molar-refractivity contribution in [1.29, 1.82) is 0 Å². The van der Waals surface area contributed by atoms with Gasteiger partial charge in [0.1, 0.15) is 24.7 Å². The van der Waals surface area contributed by atoms with E-state index in [0.29, 0.717) is 32.2 Å². The van der Waals surface area contributed by atoms with Crippen LogP contribution in [0.25, 0.3) is 0 Å². The molecular formula is C29H27Cl2N3O4S. The molecule has 1 aliphatic rings. The molecule has 0 bridgehead atoms. The maximum atomic E-state index is 13.2. The zero-order valence-electron chi connectivity index (χ0n) is 21.1. The maximum absolute atomic E-state index is 13.2. The number of anilines is 1. The zero-order valence-corrected chi connectivity index (χ0v) is 23.4. The van der Waals surface area contributed by atoms with Crippen molar-refractivity contribution in [2.24, 2.45) is 0 Å². The monoisotopic (exact) mass is 583 g/mol. The van der Waals surface area contributed by atoms with E-state index in [-0.39, 0.29) is 19.1 Å². The molecule has 5 rings (SSSR count). The lowest BCUT2D eigenvalue weighted by atomic mass is 10.2. The highest BCUT2D eigenvalue weighted by molar-refractivity contribution is 7.14.